The summed E-state index contributed by atoms with van der Waals surface area (Å²) in [6.07, 6.45) is 0. The molecule has 0 fully saturated rings. The summed E-state index contributed by atoms with van der Waals surface area (Å²) >= 11 is 0. The molecule has 0 amide bonds. The van der Waals surface area contributed by atoms with Crippen LogP contribution in [0, 0.1) is 11.6 Å². The van der Waals surface area contributed by atoms with E-state index in [9.17, 15) is 26.3 Å². The van der Waals surface area contributed by atoms with Crippen LogP contribution in [0.1, 0.15) is 0 Å². The van der Waals surface area contributed by atoms with Crippen LogP contribution in [0.5, 0.6) is 0 Å². The monoisotopic (exact) mass is 417 g/mol. The Morgan fingerprint density at radius 2 is 1.19 bits per heavy atom. The molecule has 9 heteroatoms. The van der Waals surface area contributed by atoms with Crippen LogP contribution in [-0.2, 0) is 14.7 Å². The van der Waals surface area contributed by atoms with Gasteiger partial charge in [0.25, 0.3) is 10.1 Å². The van der Waals surface area contributed by atoms with Gasteiger partial charge in [0.1, 0.15) is 11.6 Å². The fourth-order valence-electron chi connectivity index (χ4n) is 2.59. The Labute approximate surface area is 177 Å². The van der Waals surface area contributed by atoms with Crippen LogP contribution in [0.15, 0.2) is 77.7 Å². The largest absolute Gasteiger partial charge is 0.309 e. The maximum absolute atomic E-state index is 14.0. The molecule has 0 atom stereocenters. The predicted octanol–water partition coefficient (Wildman–Crippen LogP) is 2.47. The van der Waals surface area contributed by atoms with Crippen molar-refractivity contribution in [1.82, 2.24) is 0 Å². The Bertz CT molecular complexity index is 1050. The van der Waals surface area contributed by atoms with Crippen molar-refractivity contribution in [1.29, 1.82) is 0 Å². The van der Waals surface area contributed by atoms with Gasteiger partial charge in [-0.1, -0.05) is 12.1 Å². The minimum atomic E-state index is -4.50. The Kier molecular flexibility index (Phi) is 6.79. The quantitative estimate of drug-likeness (QED) is 0.402. The van der Waals surface area contributed by atoms with E-state index >= 15 is 0 Å². The average Bonchev–Trinajstić information content (AvgIpc) is 2.62. The number of hydrogen-bond donors (Lipinski definition) is 1. The van der Waals surface area contributed by atoms with Gasteiger partial charge >= 0.3 is 0 Å². The van der Waals surface area contributed by atoms with Crippen molar-refractivity contribution in [2.45, 2.75) is 4.90 Å². The number of halogens is 2. The number of hydrogen-bond acceptors (Lipinski definition) is 3. The van der Waals surface area contributed by atoms with E-state index in [1.807, 2.05) is 0 Å². The van der Waals surface area contributed by atoms with Gasteiger partial charge < -0.3 is 4.57 Å². The third kappa shape index (κ3) is 4.57. The van der Waals surface area contributed by atoms with Crippen LogP contribution >= 0.6 is 7.14 Å². The van der Waals surface area contributed by atoms with Crippen LogP contribution in [0.25, 0.3) is 0 Å². The van der Waals surface area contributed by atoms with Crippen molar-refractivity contribution in [2.24, 2.45) is 0 Å². The normalized spacial score (nSPS) is 11.7. The van der Waals surface area contributed by atoms with Crippen LogP contribution in [0.3, 0.4) is 0 Å². The Morgan fingerprint density at radius 3 is 1.59 bits per heavy atom. The van der Waals surface area contributed by atoms with Gasteiger partial charge in [0.15, 0.2) is 7.14 Å². The first-order valence-corrected chi connectivity index (χ1v) is 10.6. The molecule has 3 aromatic rings. The van der Waals surface area contributed by atoms with E-state index in [-0.39, 0.29) is 45.5 Å². The van der Waals surface area contributed by atoms with Gasteiger partial charge in [-0.2, -0.15) is 8.42 Å². The molecule has 0 spiro atoms. The maximum atomic E-state index is 14.0. The average molecular weight is 417 g/mol. The van der Waals surface area contributed by atoms with Crippen molar-refractivity contribution in [2.75, 3.05) is 0 Å². The zero-order valence-electron chi connectivity index (χ0n) is 14.2. The van der Waals surface area contributed by atoms with Crippen LogP contribution in [0.2, 0.25) is 0 Å². The molecule has 0 aliphatic heterocycles. The third-order valence-electron chi connectivity index (χ3n) is 3.86. The predicted molar refractivity (Wildman–Crippen MR) is 101 cm³/mol. The fraction of sp³-hybridized carbons (Fsp3) is 0. The van der Waals surface area contributed by atoms with Gasteiger partial charge in [0, 0.05) is 45.5 Å². The van der Waals surface area contributed by atoms with Crippen LogP contribution in [0.4, 0.5) is 8.78 Å². The molecule has 0 aliphatic carbocycles. The maximum Gasteiger partial charge on any atom is 0.294 e. The molecule has 0 aromatic heterocycles. The second-order valence-corrected chi connectivity index (χ2v) is 9.72. The molecule has 1 N–H and O–H groups in total. The molecule has 3 rings (SSSR count). The Hall–Kier alpha value is -1.34. The first-order valence-electron chi connectivity index (χ1n) is 7.42. The van der Waals surface area contributed by atoms with E-state index in [0.717, 1.165) is 30.3 Å². The zero-order chi connectivity index (χ0) is 18.9. The number of rotatable bonds is 4. The molecule has 0 unspecified atom stereocenters. The summed E-state index contributed by atoms with van der Waals surface area (Å²) in [7, 11) is -8.13. The summed E-state index contributed by atoms with van der Waals surface area (Å²) in [4.78, 5) is -0.417. The first kappa shape index (κ1) is 22.0. The van der Waals surface area contributed by atoms with E-state index < -0.39 is 33.8 Å². The molecule has 135 valence electrons. The van der Waals surface area contributed by atoms with E-state index in [1.54, 1.807) is 0 Å². The molecule has 1 radical (unpaired) electrons. The van der Waals surface area contributed by atoms with Crippen LogP contribution in [-0.4, -0.2) is 42.5 Å². The smallest absolute Gasteiger partial charge is 0.294 e. The van der Waals surface area contributed by atoms with Crippen molar-refractivity contribution in [3.05, 3.63) is 84.4 Å². The van der Waals surface area contributed by atoms with E-state index in [0.29, 0.717) is 0 Å². The van der Waals surface area contributed by atoms with E-state index in [2.05, 4.69) is 0 Å². The second-order valence-electron chi connectivity index (χ2n) is 5.53. The van der Waals surface area contributed by atoms with Crippen molar-refractivity contribution >= 4 is 62.7 Å². The standard InChI is InChI=1S/C18H13F2O4PS.Na/c19-13-4-8-15(9-5-13)25(21,16-10-6-14(20)7-11-16)17-2-1-3-18(12-17)26(22,23)24;/h1-12H,(H,22,23,24);. The zero-order valence-corrected chi connectivity index (χ0v) is 17.9. The number of benzene rings is 3. The molecule has 0 saturated heterocycles. The Balaban J connectivity index is 0.00000261. The van der Waals surface area contributed by atoms with Crippen LogP contribution < -0.4 is 15.9 Å². The molecular weight excluding hydrogens is 404 g/mol. The van der Waals surface area contributed by atoms with Crippen molar-refractivity contribution in [3.63, 3.8) is 0 Å². The molecule has 4 nitrogen and oxygen atoms in total. The summed E-state index contributed by atoms with van der Waals surface area (Å²) in [6, 6.07) is 14.9. The molecule has 27 heavy (non-hydrogen) atoms. The van der Waals surface area contributed by atoms with Crippen molar-refractivity contribution in [3.8, 4) is 0 Å². The second kappa shape index (κ2) is 8.35. The van der Waals surface area contributed by atoms with Gasteiger partial charge in [-0.05, 0) is 60.7 Å². The SMILES string of the molecule is O=P(c1ccc(F)cc1)(c1ccc(F)cc1)c1cccc(S(=O)(=O)O)c1.[Na]. The molecule has 0 bridgehead atoms. The summed E-state index contributed by atoms with van der Waals surface area (Å²) in [5, 5.41) is 0.613. The Morgan fingerprint density at radius 1 is 0.741 bits per heavy atom. The van der Waals surface area contributed by atoms with Crippen molar-refractivity contribution < 1.29 is 26.3 Å². The molecule has 0 saturated carbocycles. The molecule has 0 heterocycles. The van der Waals surface area contributed by atoms with Gasteiger partial charge in [-0.15, -0.1) is 0 Å². The van der Waals surface area contributed by atoms with E-state index in [4.69, 9.17) is 0 Å². The fourth-order valence-corrected chi connectivity index (χ4v) is 5.85. The topological polar surface area (TPSA) is 71.4 Å². The third-order valence-corrected chi connectivity index (χ3v) is 7.77. The van der Waals surface area contributed by atoms with Gasteiger partial charge in [-0.3, -0.25) is 4.55 Å². The van der Waals surface area contributed by atoms with Gasteiger partial charge in [0.05, 0.1) is 4.90 Å². The van der Waals surface area contributed by atoms with Gasteiger partial charge in [-0.25, -0.2) is 8.78 Å². The molecular formula is C18H13F2NaO4PS. The molecule has 0 aliphatic rings. The van der Waals surface area contributed by atoms with Gasteiger partial charge in [0.2, 0.25) is 0 Å². The summed E-state index contributed by atoms with van der Waals surface area (Å²) in [5.74, 6) is -1.04. The first-order chi connectivity index (χ1) is 12.2. The minimum Gasteiger partial charge on any atom is -0.309 e. The summed E-state index contributed by atoms with van der Waals surface area (Å²) in [5.41, 5.74) is 0. The van der Waals surface area contributed by atoms with E-state index in [1.165, 1.54) is 42.5 Å². The summed E-state index contributed by atoms with van der Waals surface area (Å²) in [6.45, 7) is 0. The summed E-state index contributed by atoms with van der Waals surface area (Å²) < 4.78 is 72.8. The minimum absolute atomic E-state index is 0. The molecule has 3 aromatic carbocycles.